The number of hydrogen-bond acceptors (Lipinski definition) is 2. The average Bonchev–Trinajstić information content (AvgIpc) is 1.61. The minimum atomic E-state index is -0.496. The van der Waals surface area contributed by atoms with Gasteiger partial charge in [-0.25, -0.2) is 0 Å². The fourth-order valence-electron chi connectivity index (χ4n) is 0.246. The number of amides is 2. The van der Waals surface area contributed by atoms with Gasteiger partial charge in [0.15, 0.2) is 0 Å². The van der Waals surface area contributed by atoms with Crippen LogP contribution in [-0.4, -0.2) is 11.8 Å². The maximum atomic E-state index is 9.92. The van der Waals surface area contributed by atoms with Crippen molar-refractivity contribution in [2.24, 2.45) is 11.5 Å². The van der Waals surface area contributed by atoms with Crippen molar-refractivity contribution in [2.45, 2.75) is 12.8 Å². The Kier molecular flexibility index (Phi) is 14.3. The summed E-state index contributed by atoms with van der Waals surface area (Å²) in [5.74, 6) is -0.993. The fraction of sp³-hybridized carbons (Fsp3) is 0.500. The molecule has 0 rings (SSSR count). The van der Waals surface area contributed by atoms with Crippen molar-refractivity contribution in [1.29, 1.82) is 0 Å². The van der Waals surface area contributed by atoms with Crippen LogP contribution in [0.3, 0.4) is 0 Å². The van der Waals surface area contributed by atoms with Crippen molar-refractivity contribution in [3.05, 3.63) is 0 Å². The zero-order valence-corrected chi connectivity index (χ0v) is 8.01. The van der Waals surface area contributed by atoms with Gasteiger partial charge in [0, 0.05) is 12.8 Å². The second-order valence-electron chi connectivity index (χ2n) is 1.43. The molecule has 2 amide bonds. The highest BCUT2D eigenvalue weighted by molar-refractivity contribution is 7.59. The Morgan fingerprint density at radius 1 is 1.00 bits per heavy atom. The molecule has 4 nitrogen and oxygen atoms in total. The normalized spacial score (nSPS) is 6.80. The van der Waals surface area contributed by atoms with Crippen LogP contribution in [0.15, 0.2) is 0 Å². The van der Waals surface area contributed by atoms with Crippen molar-refractivity contribution in [2.75, 3.05) is 0 Å². The summed E-state index contributed by atoms with van der Waals surface area (Å²) in [6, 6.07) is 0. The predicted molar refractivity (Wildman–Crippen MR) is 49.1 cm³/mol. The lowest BCUT2D eigenvalue weighted by Crippen LogP contribution is -2.16. The predicted octanol–water partition coefficient (Wildman–Crippen LogP) is -1.09. The Morgan fingerprint density at radius 3 is 1.30 bits per heavy atom. The van der Waals surface area contributed by atoms with Gasteiger partial charge in [-0.15, -0.1) is 0 Å². The van der Waals surface area contributed by atoms with Crippen LogP contribution in [0.25, 0.3) is 0 Å². The highest BCUT2D eigenvalue weighted by atomic mass is 32.1. The number of carbonyl (C=O) groups excluding carboxylic acids is 2. The summed E-state index contributed by atoms with van der Waals surface area (Å²) in [6.07, 6.45) is 0.102. The SMILES string of the molecule is NC(=O)CCC(N)=O.P.S. The van der Waals surface area contributed by atoms with E-state index in [1.165, 1.54) is 0 Å². The third kappa shape index (κ3) is 15.6. The van der Waals surface area contributed by atoms with E-state index < -0.39 is 11.8 Å². The Bertz CT molecular complexity index is 106. The third-order valence-corrected chi connectivity index (χ3v) is 0.618. The van der Waals surface area contributed by atoms with Crippen molar-refractivity contribution in [1.82, 2.24) is 0 Å². The number of carbonyl (C=O) groups is 2. The fourth-order valence-corrected chi connectivity index (χ4v) is 0.246. The maximum absolute atomic E-state index is 9.92. The van der Waals surface area contributed by atoms with E-state index in [9.17, 15) is 9.59 Å². The molecule has 62 valence electrons. The molecule has 0 aliphatic heterocycles. The first-order chi connectivity index (χ1) is 3.63. The molecule has 0 aromatic rings. The van der Waals surface area contributed by atoms with E-state index in [2.05, 4.69) is 0 Å². The summed E-state index contributed by atoms with van der Waals surface area (Å²) in [6.45, 7) is 0. The first-order valence-corrected chi connectivity index (χ1v) is 2.19. The van der Waals surface area contributed by atoms with Gasteiger partial charge < -0.3 is 11.5 Å². The number of rotatable bonds is 3. The smallest absolute Gasteiger partial charge is 0.217 e. The van der Waals surface area contributed by atoms with E-state index >= 15 is 0 Å². The van der Waals surface area contributed by atoms with E-state index in [1.54, 1.807) is 0 Å². The molecule has 0 fully saturated rings. The van der Waals surface area contributed by atoms with Gasteiger partial charge in [0.25, 0.3) is 0 Å². The highest BCUT2D eigenvalue weighted by Gasteiger charge is 1.96. The summed E-state index contributed by atoms with van der Waals surface area (Å²) >= 11 is 0. The van der Waals surface area contributed by atoms with Gasteiger partial charge in [-0.1, -0.05) is 0 Å². The van der Waals surface area contributed by atoms with Gasteiger partial charge in [0.1, 0.15) is 0 Å². The second kappa shape index (κ2) is 8.72. The first-order valence-electron chi connectivity index (χ1n) is 2.19. The molecule has 0 aliphatic carbocycles. The topological polar surface area (TPSA) is 86.2 Å². The summed E-state index contributed by atoms with van der Waals surface area (Å²) in [5, 5.41) is 0. The van der Waals surface area contributed by atoms with E-state index in [0.29, 0.717) is 0 Å². The maximum Gasteiger partial charge on any atom is 0.217 e. The molecule has 0 radical (unpaired) electrons. The van der Waals surface area contributed by atoms with E-state index in [1.807, 2.05) is 0 Å². The molecule has 0 saturated heterocycles. The Balaban J connectivity index is -0.000000245. The van der Waals surface area contributed by atoms with Crippen LogP contribution in [0.1, 0.15) is 12.8 Å². The molecule has 1 atom stereocenters. The van der Waals surface area contributed by atoms with Crippen molar-refractivity contribution < 1.29 is 9.59 Å². The molecular weight excluding hydrogens is 171 g/mol. The van der Waals surface area contributed by atoms with Crippen LogP contribution in [0.2, 0.25) is 0 Å². The van der Waals surface area contributed by atoms with Crippen molar-refractivity contribution >= 4 is 35.2 Å². The van der Waals surface area contributed by atoms with E-state index in [0.717, 1.165) is 0 Å². The largest absolute Gasteiger partial charge is 0.370 e. The number of hydrogen-bond donors (Lipinski definition) is 2. The summed E-state index contributed by atoms with van der Waals surface area (Å²) < 4.78 is 0. The second-order valence-corrected chi connectivity index (χ2v) is 1.43. The molecule has 1 unspecified atom stereocenters. The lowest BCUT2D eigenvalue weighted by atomic mass is 10.3. The quantitative estimate of drug-likeness (QED) is 0.546. The van der Waals surface area contributed by atoms with Crippen LogP contribution in [0.5, 0.6) is 0 Å². The third-order valence-electron chi connectivity index (χ3n) is 0.618. The molecule has 0 aromatic heterocycles. The van der Waals surface area contributed by atoms with Crippen molar-refractivity contribution in [3.8, 4) is 0 Å². The molecule has 10 heavy (non-hydrogen) atoms. The lowest BCUT2D eigenvalue weighted by Gasteiger charge is -1.87. The van der Waals surface area contributed by atoms with Gasteiger partial charge in [0.05, 0.1) is 0 Å². The molecule has 0 spiro atoms. The zero-order chi connectivity index (χ0) is 6.57. The van der Waals surface area contributed by atoms with Crippen LogP contribution >= 0.6 is 23.4 Å². The molecular formula is C4H13N2O2PS. The van der Waals surface area contributed by atoms with Crippen LogP contribution in [0, 0.1) is 0 Å². The summed E-state index contributed by atoms with van der Waals surface area (Å²) in [4.78, 5) is 19.8. The van der Waals surface area contributed by atoms with Gasteiger partial charge in [0.2, 0.25) is 11.8 Å². The van der Waals surface area contributed by atoms with Gasteiger partial charge in [-0.05, 0) is 0 Å². The summed E-state index contributed by atoms with van der Waals surface area (Å²) in [7, 11) is 0. The van der Waals surface area contributed by atoms with Crippen LogP contribution in [0.4, 0.5) is 0 Å². The monoisotopic (exact) mass is 184 g/mol. The summed E-state index contributed by atoms with van der Waals surface area (Å²) in [5.41, 5.74) is 9.39. The van der Waals surface area contributed by atoms with Gasteiger partial charge in [-0.2, -0.15) is 23.4 Å². The molecule has 0 bridgehead atoms. The molecule has 4 N–H and O–H groups in total. The first kappa shape index (κ1) is 16.4. The average molecular weight is 184 g/mol. The zero-order valence-electron chi connectivity index (χ0n) is 5.59. The van der Waals surface area contributed by atoms with Crippen LogP contribution < -0.4 is 11.5 Å². The molecule has 6 heteroatoms. The molecule has 0 aliphatic rings. The standard InChI is InChI=1S/C4H8N2O2.H3P.H2S/c5-3(7)1-2-4(6)8;;/h1-2H2,(H2,5,7)(H2,6,8);1H3;1H2. The number of nitrogens with two attached hydrogens (primary N) is 2. The minimum absolute atomic E-state index is 0. The Hall–Kier alpha value is -0.280. The molecule has 0 saturated carbocycles. The van der Waals surface area contributed by atoms with Gasteiger partial charge in [-0.3, -0.25) is 9.59 Å². The lowest BCUT2D eigenvalue weighted by molar-refractivity contribution is -0.123. The van der Waals surface area contributed by atoms with E-state index in [4.69, 9.17) is 11.5 Å². The Labute approximate surface area is 69.8 Å². The molecule has 0 heterocycles. The molecule has 0 aromatic carbocycles. The van der Waals surface area contributed by atoms with Crippen LogP contribution in [-0.2, 0) is 9.59 Å². The van der Waals surface area contributed by atoms with Gasteiger partial charge >= 0.3 is 0 Å². The highest BCUT2D eigenvalue weighted by Crippen LogP contribution is 1.82. The number of primary amides is 2. The minimum Gasteiger partial charge on any atom is -0.370 e. The Morgan fingerprint density at radius 2 is 1.20 bits per heavy atom. The van der Waals surface area contributed by atoms with Crippen molar-refractivity contribution in [3.63, 3.8) is 0 Å². The van der Waals surface area contributed by atoms with E-state index in [-0.39, 0.29) is 36.2 Å².